The van der Waals surface area contributed by atoms with E-state index in [9.17, 15) is 0 Å². The fraction of sp³-hybridized carbons (Fsp3) is 0.833. The third-order valence-corrected chi connectivity index (χ3v) is 2.93. The summed E-state index contributed by atoms with van der Waals surface area (Å²) in [6, 6.07) is 0. The van der Waals surface area contributed by atoms with Gasteiger partial charge in [0.05, 0.1) is 0 Å². The number of aryl methyl sites for hydroxylation is 1. The van der Waals surface area contributed by atoms with Gasteiger partial charge in [-0.1, -0.05) is 27.7 Å². The summed E-state index contributed by atoms with van der Waals surface area (Å²) >= 11 is 0. The molecular formula is C12H24N4. The van der Waals surface area contributed by atoms with Gasteiger partial charge in [-0.25, -0.2) is 4.98 Å². The van der Waals surface area contributed by atoms with Crippen LogP contribution in [0.4, 0.5) is 0 Å². The van der Waals surface area contributed by atoms with Crippen molar-refractivity contribution in [1.82, 2.24) is 15.2 Å². The monoisotopic (exact) mass is 224 g/mol. The predicted molar refractivity (Wildman–Crippen MR) is 66.2 cm³/mol. The van der Waals surface area contributed by atoms with Gasteiger partial charge in [0.15, 0.2) is 5.82 Å². The molecule has 4 heteroatoms. The molecule has 0 fully saturated rings. The van der Waals surface area contributed by atoms with Gasteiger partial charge in [-0.3, -0.25) is 5.10 Å². The lowest BCUT2D eigenvalue weighted by Crippen LogP contribution is -2.18. The molecule has 0 aromatic carbocycles. The number of hydrogen-bond acceptors (Lipinski definition) is 3. The maximum atomic E-state index is 5.59. The number of hydrogen-bond donors (Lipinski definition) is 2. The molecule has 0 radical (unpaired) electrons. The molecule has 1 aromatic heterocycles. The summed E-state index contributed by atoms with van der Waals surface area (Å²) in [5.74, 6) is 2.29. The van der Waals surface area contributed by atoms with Crippen LogP contribution in [-0.2, 0) is 6.42 Å². The lowest BCUT2D eigenvalue weighted by atomic mass is 9.84. The smallest absolute Gasteiger partial charge is 0.153 e. The van der Waals surface area contributed by atoms with E-state index in [-0.39, 0.29) is 0 Å². The number of H-pyrrole nitrogens is 1. The molecule has 0 bridgehead atoms. The Morgan fingerprint density at radius 1 is 1.31 bits per heavy atom. The molecule has 0 amide bonds. The highest BCUT2D eigenvalue weighted by atomic mass is 15.2. The minimum absolute atomic E-state index is 0.291. The van der Waals surface area contributed by atoms with Crippen molar-refractivity contribution in [1.29, 1.82) is 0 Å². The van der Waals surface area contributed by atoms with E-state index < -0.39 is 0 Å². The lowest BCUT2D eigenvalue weighted by molar-refractivity contribution is 0.311. The van der Waals surface area contributed by atoms with Crippen LogP contribution < -0.4 is 5.73 Å². The fourth-order valence-corrected chi connectivity index (χ4v) is 1.65. The van der Waals surface area contributed by atoms with E-state index in [4.69, 9.17) is 5.73 Å². The SMILES string of the molecule is CC(C)c1n[nH]c(CCC(C)(C)CCN)n1. The van der Waals surface area contributed by atoms with Gasteiger partial charge in [-0.15, -0.1) is 0 Å². The third-order valence-electron chi connectivity index (χ3n) is 2.93. The van der Waals surface area contributed by atoms with E-state index in [2.05, 4.69) is 42.9 Å². The Morgan fingerprint density at radius 3 is 2.50 bits per heavy atom. The number of rotatable bonds is 6. The quantitative estimate of drug-likeness (QED) is 0.778. The van der Waals surface area contributed by atoms with Crippen molar-refractivity contribution in [3.05, 3.63) is 11.6 Å². The third kappa shape index (κ3) is 3.93. The molecule has 0 atom stereocenters. The minimum atomic E-state index is 0.291. The van der Waals surface area contributed by atoms with Crippen molar-refractivity contribution < 1.29 is 0 Å². The Morgan fingerprint density at radius 2 is 2.00 bits per heavy atom. The molecule has 0 unspecified atom stereocenters. The molecule has 3 N–H and O–H groups in total. The van der Waals surface area contributed by atoms with E-state index in [0.29, 0.717) is 11.3 Å². The summed E-state index contributed by atoms with van der Waals surface area (Å²) in [6.45, 7) is 9.45. The second-order valence-corrected chi connectivity index (χ2v) is 5.50. The molecule has 16 heavy (non-hydrogen) atoms. The number of aromatic amines is 1. The maximum absolute atomic E-state index is 5.59. The Kier molecular flexibility index (Phi) is 4.47. The zero-order valence-electron chi connectivity index (χ0n) is 10.9. The Bertz CT molecular complexity index is 315. The first-order chi connectivity index (χ1) is 7.44. The van der Waals surface area contributed by atoms with Crippen LogP contribution in [0.2, 0.25) is 0 Å². The second kappa shape index (κ2) is 5.43. The van der Waals surface area contributed by atoms with Gasteiger partial charge >= 0.3 is 0 Å². The summed E-state index contributed by atoms with van der Waals surface area (Å²) in [5.41, 5.74) is 5.88. The van der Waals surface area contributed by atoms with E-state index in [1.165, 1.54) is 0 Å². The molecule has 0 aliphatic rings. The highest BCUT2D eigenvalue weighted by Crippen LogP contribution is 2.25. The summed E-state index contributed by atoms with van der Waals surface area (Å²) in [4.78, 5) is 4.48. The average molecular weight is 224 g/mol. The van der Waals surface area contributed by atoms with Gasteiger partial charge < -0.3 is 5.73 Å². The van der Waals surface area contributed by atoms with Gasteiger partial charge in [-0.2, -0.15) is 5.10 Å². The molecule has 1 heterocycles. The van der Waals surface area contributed by atoms with Crippen molar-refractivity contribution in [2.45, 2.75) is 52.9 Å². The summed E-state index contributed by atoms with van der Waals surface area (Å²) in [5, 5.41) is 7.21. The Balaban J connectivity index is 2.48. The molecule has 0 aliphatic heterocycles. The molecular weight excluding hydrogens is 200 g/mol. The van der Waals surface area contributed by atoms with E-state index in [1.54, 1.807) is 0 Å². The van der Waals surface area contributed by atoms with Crippen LogP contribution in [0.3, 0.4) is 0 Å². The van der Waals surface area contributed by atoms with Crippen LogP contribution in [0.5, 0.6) is 0 Å². The molecule has 0 saturated carbocycles. The fourth-order valence-electron chi connectivity index (χ4n) is 1.65. The van der Waals surface area contributed by atoms with Crippen molar-refractivity contribution in [3.8, 4) is 0 Å². The van der Waals surface area contributed by atoms with Crippen LogP contribution in [-0.4, -0.2) is 21.7 Å². The van der Waals surface area contributed by atoms with E-state index >= 15 is 0 Å². The minimum Gasteiger partial charge on any atom is -0.330 e. The van der Waals surface area contributed by atoms with E-state index in [1.807, 2.05) is 0 Å². The Hall–Kier alpha value is -0.900. The lowest BCUT2D eigenvalue weighted by Gasteiger charge is -2.22. The van der Waals surface area contributed by atoms with Crippen LogP contribution in [0, 0.1) is 5.41 Å². The first-order valence-corrected chi connectivity index (χ1v) is 6.06. The molecule has 4 nitrogen and oxygen atoms in total. The Labute approximate surface area is 98.0 Å². The first-order valence-electron chi connectivity index (χ1n) is 6.06. The highest BCUT2D eigenvalue weighted by Gasteiger charge is 2.17. The zero-order valence-corrected chi connectivity index (χ0v) is 10.9. The molecule has 0 saturated heterocycles. The first kappa shape index (κ1) is 13.2. The molecule has 1 aromatic rings. The van der Waals surface area contributed by atoms with E-state index in [0.717, 1.165) is 37.5 Å². The topological polar surface area (TPSA) is 67.6 Å². The summed E-state index contributed by atoms with van der Waals surface area (Å²) in [6.07, 6.45) is 3.10. The van der Waals surface area contributed by atoms with Gasteiger partial charge in [-0.05, 0) is 24.8 Å². The number of nitrogens with two attached hydrogens (primary N) is 1. The van der Waals surface area contributed by atoms with Crippen LogP contribution in [0.15, 0.2) is 0 Å². The van der Waals surface area contributed by atoms with Gasteiger partial charge in [0.1, 0.15) is 5.82 Å². The molecule has 1 rings (SSSR count). The molecule has 0 spiro atoms. The summed E-state index contributed by atoms with van der Waals surface area (Å²) < 4.78 is 0. The zero-order chi connectivity index (χ0) is 12.2. The van der Waals surface area contributed by atoms with Crippen molar-refractivity contribution in [2.24, 2.45) is 11.1 Å². The molecule has 92 valence electrons. The maximum Gasteiger partial charge on any atom is 0.153 e. The van der Waals surface area contributed by atoms with Crippen LogP contribution in [0.1, 0.15) is 58.1 Å². The standard InChI is InChI=1S/C12H24N4/c1-9(2)11-14-10(15-16-11)5-6-12(3,4)7-8-13/h9H,5-8,13H2,1-4H3,(H,14,15,16). The predicted octanol–water partition coefficient (Wildman–Crippen LogP) is 2.24. The normalized spacial score (nSPS) is 12.4. The number of nitrogens with zero attached hydrogens (tertiary/aromatic N) is 2. The van der Waals surface area contributed by atoms with Crippen molar-refractivity contribution in [3.63, 3.8) is 0 Å². The largest absolute Gasteiger partial charge is 0.330 e. The average Bonchev–Trinajstić information content (AvgIpc) is 2.63. The van der Waals surface area contributed by atoms with Crippen molar-refractivity contribution in [2.75, 3.05) is 6.54 Å². The van der Waals surface area contributed by atoms with Crippen LogP contribution in [0.25, 0.3) is 0 Å². The number of nitrogens with one attached hydrogen (secondary N) is 1. The van der Waals surface area contributed by atoms with Crippen molar-refractivity contribution >= 4 is 0 Å². The van der Waals surface area contributed by atoms with Gasteiger partial charge in [0.2, 0.25) is 0 Å². The van der Waals surface area contributed by atoms with Gasteiger partial charge in [0.25, 0.3) is 0 Å². The summed E-state index contributed by atoms with van der Waals surface area (Å²) in [7, 11) is 0. The number of aromatic nitrogens is 3. The second-order valence-electron chi connectivity index (χ2n) is 5.50. The highest BCUT2D eigenvalue weighted by molar-refractivity contribution is 4.95. The van der Waals surface area contributed by atoms with Crippen LogP contribution >= 0.6 is 0 Å². The van der Waals surface area contributed by atoms with Gasteiger partial charge in [0, 0.05) is 12.3 Å². The molecule has 0 aliphatic carbocycles.